The van der Waals surface area contributed by atoms with Crippen LogP contribution in [-0.4, -0.2) is 31.8 Å². The predicted octanol–water partition coefficient (Wildman–Crippen LogP) is 5.39. The van der Waals surface area contributed by atoms with Gasteiger partial charge in [0.2, 0.25) is 0 Å². The Kier molecular flexibility index (Phi) is 4.66. The normalized spacial score (nSPS) is 11.8. The number of amides is 1. The zero-order valence-electron chi connectivity index (χ0n) is 16.5. The van der Waals surface area contributed by atoms with Crippen molar-refractivity contribution in [3.05, 3.63) is 78.9 Å². The van der Waals surface area contributed by atoms with Crippen LogP contribution in [0.4, 0.5) is 18.9 Å². The number of nitrogens with one attached hydrogen (secondary N) is 2. The molecule has 0 aliphatic carbocycles. The van der Waals surface area contributed by atoms with E-state index < -0.39 is 12.7 Å². The van der Waals surface area contributed by atoms with E-state index in [-0.39, 0.29) is 5.91 Å². The average molecular weight is 435 g/mol. The van der Waals surface area contributed by atoms with E-state index >= 15 is 0 Å². The molecule has 0 unspecified atom stereocenters. The summed E-state index contributed by atoms with van der Waals surface area (Å²) < 4.78 is 38.9. The van der Waals surface area contributed by atoms with Gasteiger partial charge in [-0.25, -0.2) is 0 Å². The zero-order chi connectivity index (χ0) is 22.3. The molecule has 3 aromatic heterocycles. The highest BCUT2D eigenvalue weighted by Gasteiger charge is 2.28. The zero-order valence-corrected chi connectivity index (χ0v) is 16.5. The van der Waals surface area contributed by atoms with Gasteiger partial charge in [0.1, 0.15) is 6.54 Å². The van der Waals surface area contributed by atoms with Gasteiger partial charge in [0.15, 0.2) is 0 Å². The lowest BCUT2D eigenvalue weighted by molar-refractivity contribution is -0.142. The number of hydrogen-bond donors (Lipinski definition) is 2. The Hall–Kier alpha value is -4.14. The first-order valence-corrected chi connectivity index (χ1v) is 9.73. The van der Waals surface area contributed by atoms with Gasteiger partial charge in [-0.15, -0.1) is 0 Å². The molecule has 160 valence electrons. The van der Waals surface area contributed by atoms with E-state index in [4.69, 9.17) is 0 Å². The number of aromatic nitrogens is 4. The molecule has 0 radical (unpaired) electrons. The second-order valence-electron chi connectivity index (χ2n) is 7.34. The first kappa shape index (κ1) is 19.8. The fraction of sp³-hybridized carbons (Fsp3) is 0.0870. The maximum absolute atomic E-state index is 12.8. The van der Waals surface area contributed by atoms with E-state index in [2.05, 4.69) is 20.4 Å². The van der Waals surface area contributed by atoms with Crippen LogP contribution in [0.2, 0.25) is 0 Å². The van der Waals surface area contributed by atoms with Gasteiger partial charge < -0.3 is 10.3 Å². The molecule has 32 heavy (non-hydrogen) atoms. The Morgan fingerprint density at radius 1 is 1.12 bits per heavy atom. The highest BCUT2D eigenvalue weighted by molar-refractivity contribution is 6.11. The summed E-state index contributed by atoms with van der Waals surface area (Å²) in [5.74, 6) is -0.292. The highest BCUT2D eigenvalue weighted by Crippen LogP contribution is 2.31. The minimum Gasteiger partial charge on any atom is -0.361 e. The molecule has 0 saturated carbocycles. The number of carbonyl (C=O) groups is 1. The van der Waals surface area contributed by atoms with Crippen LogP contribution < -0.4 is 5.32 Å². The van der Waals surface area contributed by atoms with Gasteiger partial charge in [-0.3, -0.25) is 14.5 Å². The Morgan fingerprint density at radius 2 is 2.00 bits per heavy atom. The van der Waals surface area contributed by atoms with Crippen LogP contribution in [0, 0.1) is 0 Å². The first-order chi connectivity index (χ1) is 15.4. The largest absolute Gasteiger partial charge is 0.408 e. The lowest BCUT2D eigenvalue weighted by Gasteiger charge is -2.10. The average Bonchev–Trinajstić information content (AvgIpc) is 3.41. The molecule has 9 heteroatoms. The van der Waals surface area contributed by atoms with Gasteiger partial charge in [0.25, 0.3) is 5.91 Å². The van der Waals surface area contributed by atoms with E-state index in [0.717, 1.165) is 15.6 Å². The molecule has 0 bridgehead atoms. The SMILES string of the molecule is O=C(Nc1cccc2c(-c3cnn(CC(F)(F)F)c3)ccnc12)c1ccc2cc[nH]c2c1. The molecular formula is C23H16F3N5O. The highest BCUT2D eigenvalue weighted by atomic mass is 19.4. The number of benzene rings is 2. The number of H-pyrrole nitrogens is 1. The van der Waals surface area contributed by atoms with E-state index in [0.29, 0.717) is 33.3 Å². The molecule has 0 spiro atoms. The molecule has 5 aromatic rings. The Labute approximate surface area is 179 Å². The third kappa shape index (κ3) is 3.80. The number of fused-ring (bicyclic) bond motifs is 2. The summed E-state index contributed by atoms with van der Waals surface area (Å²) >= 11 is 0. The number of para-hydroxylation sites is 1. The number of carbonyl (C=O) groups excluding carboxylic acids is 1. The van der Waals surface area contributed by atoms with Gasteiger partial charge in [-0.1, -0.05) is 18.2 Å². The van der Waals surface area contributed by atoms with Gasteiger partial charge in [-0.2, -0.15) is 18.3 Å². The number of rotatable bonds is 4. The first-order valence-electron chi connectivity index (χ1n) is 9.73. The maximum atomic E-state index is 12.8. The number of aromatic amines is 1. The summed E-state index contributed by atoms with van der Waals surface area (Å²) in [6, 6.07) is 14.3. The molecule has 0 aliphatic heterocycles. The van der Waals surface area contributed by atoms with Crippen molar-refractivity contribution in [3.8, 4) is 11.1 Å². The van der Waals surface area contributed by atoms with Gasteiger partial charge in [-0.05, 0) is 41.3 Å². The molecule has 6 nitrogen and oxygen atoms in total. The van der Waals surface area contributed by atoms with E-state index in [1.54, 1.807) is 48.8 Å². The van der Waals surface area contributed by atoms with Crippen molar-refractivity contribution in [2.75, 3.05) is 5.32 Å². The number of alkyl halides is 3. The van der Waals surface area contributed by atoms with Crippen LogP contribution in [0.3, 0.4) is 0 Å². The molecule has 2 N–H and O–H groups in total. The lowest BCUT2D eigenvalue weighted by Crippen LogP contribution is -2.17. The van der Waals surface area contributed by atoms with E-state index in [1.165, 1.54) is 12.4 Å². The van der Waals surface area contributed by atoms with Crippen molar-refractivity contribution in [3.63, 3.8) is 0 Å². The van der Waals surface area contributed by atoms with Crippen molar-refractivity contribution in [2.24, 2.45) is 0 Å². The van der Waals surface area contributed by atoms with Crippen LogP contribution in [0.25, 0.3) is 32.9 Å². The summed E-state index contributed by atoms with van der Waals surface area (Å²) in [5.41, 5.74) is 3.58. The Bertz CT molecular complexity index is 1450. The third-order valence-electron chi connectivity index (χ3n) is 5.12. The van der Waals surface area contributed by atoms with Crippen molar-refractivity contribution >= 4 is 33.4 Å². The summed E-state index contributed by atoms with van der Waals surface area (Å²) in [4.78, 5) is 20.3. The van der Waals surface area contributed by atoms with E-state index in [9.17, 15) is 18.0 Å². The third-order valence-corrected chi connectivity index (χ3v) is 5.12. The standard InChI is InChI=1S/C23H16F3N5O/c24-23(25,26)13-31-12-16(11-29-31)17-7-9-28-21-18(17)2-1-3-19(21)30-22(32)15-5-4-14-6-8-27-20(14)10-15/h1-12,27H,13H2,(H,30,32). The van der Waals surface area contributed by atoms with E-state index in [1.807, 2.05) is 12.1 Å². The molecule has 0 saturated heterocycles. The minimum atomic E-state index is -4.36. The summed E-state index contributed by atoms with van der Waals surface area (Å²) in [6.07, 6.45) is 1.74. The molecule has 0 fully saturated rings. The number of nitrogens with zero attached hydrogens (tertiary/aromatic N) is 3. The molecule has 1 amide bonds. The monoisotopic (exact) mass is 435 g/mol. The second kappa shape index (κ2) is 7.52. The summed E-state index contributed by atoms with van der Waals surface area (Å²) in [6.45, 7) is -1.16. The fourth-order valence-corrected chi connectivity index (χ4v) is 3.69. The van der Waals surface area contributed by atoms with Crippen molar-refractivity contribution < 1.29 is 18.0 Å². The van der Waals surface area contributed by atoms with Crippen LogP contribution in [-0.2, 0) is 6.54 Å². The lowest BCUT2D eigenvalue weighted by atomic mass is 10.0. The molecule has 0 atom stereocenters. The number of pyridine rings is 1. The maximum Gasteiger partial charge on any atom is 0.408 e. The van der Waals surface area contributed by atoms with Crippen LogP contribution in [0.5, 0.6) is 0 Å². The second-order valence-corrected chi connectivity index (χ2v) is 7.34. The van der Waals surface area contributed by atoms with Gasteiger partial charge >= 0.3 is 6.18 Å². The van der Waals surface area contributed by atoms with Gasteiger partial charge in [0.05, 0.1) is 17.4 Å². The molecule has 3 heterocycles. The summed E-state index contributed by atoms with van der Waals surface area (Å²) in [7, 11) is 0. The fourth-order valence-electron chi connectivity index (χ4n) is 3.69. The minimum absolute atomic E-state index is 0.292. The quantitative estimate of drug-likeness (QED) is 0.397. The molecular weight excluding hydrogens is 419 g/mol. The Morgan fingerprint density at radius 3 is 2.84 bits per heavy atom. The summed E-state index contributed by atoms with van der Waals surface area (Å²) in [5, 5.41) is 8.40. The van der Waals surface area contributed by atoms with Crippen LogP contribution in [0.1, 0.15) is 10.4 Å². The molecule has 5 rings (SSSR count). The van der Waals surface area contributed by atoms with Crippen molar-refractivity contribution in [1.82, 2.24) is 19.7 Å². The predicted molar refractivity (Wildman–Crippen MR) is 115 cm³/mol. The van der Waals surface area contributed by atoms with Crippen LogP contribution >= 0.6 is 0 Å². The Balaban J connectivity index is 1.48. The number of anilines is 1. The number of halogens is 3. The molecule has 0 aliphatic rings. The number of hydrogen-bond acceptors (Lipinski definition) is 3. The van der Waals surface area contributed by atoms with Crippen molar-refractivity contribution in [1.29, 1.82) is 0 Å². The smallest absolute Gasteiger partial charge is 0.361 e. The molecule has 2 aromatic carbocycles. The van der Waals surface area contributed by atoms with Crippen LogP contribution in [0.15, 0.2) is 73.3 Å². The topological polar surface area (TPSA) is 75.6 Å². The van der Waals surface area contributed by atoms with Gasteiger partial charge in [0, 0.05) is 40.6 Å². The van der Waals surface area contributed by atoms with Crippen molar-refractivity contribution in [2.45, 2.75) is 12.7 Å².